The highest BCUT2D eigenvalue weighted by molar-refractivity contribution is 5.94. The minimum atomic E-state index is -2.96. The number of aliphatic hydroxyl groups excluding tert-OH is 1. The predicted octanol–water partition coefficient (Wildman–Crippen LogP) is -0.112. The maximum atomic E-state index is 13.5. The van der Waals surface area contributed by atoms with E-state index in [0.29, 0.717) is 19.1 Å². The van der Waals surface area contributed by atoms with Crippen molar-refractivity contribution < 1.29 is 39.6 Å². The molecule has 238 valence electrons. The Kier molecular flexibility index (Phi) is 15.1. The van der Waals surface area contributed by atoms with Crippen LogP contribution in [-0.4, -0.2) is 104 Å². The van der Waals surface area contributed by atoms with Crippen molar-refractivity contribution >= 4 is 29.8 Å². The molecule has 0 spiro atoms. The lowest BCUT2D eigenvalue weighted by Gasteiger charge is -2.41. The summed E-state index contributed by atoms with van der Waals surface area (Å²) in [5.41, 5.74) is -2.42. The second kappa shape index (κ2) is 16.1. The molecule has 0 saturated carbocycles. The Morgan fingerprint density at radius 3 is 1.71 bits per heavy atom. The number of aliphatic hydroxyl groups is 4. The summed E-state index contributed by atoms with van der Waals surface area (Å²) in [4.78, 5) is 53.5. The Labute approximate surface area is 244 Å². The van der Waals surface area contributed by atoms with Gasteiger partial charge in [0.1, 0.15) is 18.1 Å². The molecular weight excluding hydrogens is 534 g/mol. The van der Waals surface area contributed by atoms with E-state index in [4.69, 9.17) is 5.41 Å². The number of carbonyl (C=O) groups is 4. The number of nitrogens with one attached hydrogen (secondary N) is 4. The molecule has 41 heavy (non-hydrogen) atoms. The van der Waals surface area contributed by atoms with Crippen molar-refractivity contribution in [2.75, 3.05) is 7.05 Å². The van der Waals surface area contributed by atoms with Crippen LogP contribution in [0.3, 0.4) is 0 Å². The van der Waals surface area contributed by atoms with Crippen LogP contribution >= 0.6 is 0 Å². The van der Waals surface area contributed by atoms with Crippen molar-refractivity contribution in [2.45, 2.75) is 123 Å². The quantitative estimate of drug-likeness (QED) is 0.0847. The van der Waals surface area contributed by atoms with Gasteiger partial charge in [0.2, 0.25) is 29.4 Å². The van der Waals surface area contributed by atoms with E-state index in [0.717, 1.165) is 6.92 Å². The van der Waals surface area contributed by atoms with Gasteiger partial charge in [0.25, 0.3) is 0 Å². The SMILES string of the molecule is CC[C@H](C)[C@H](NC(=O)[C@H]([C@@H](C)CC)N(C)C(C)=O)C(=O)N[C@H](C(=O)N[C@@H](CC(C)C)C(O)(O)[C@](C)(O)C=N)[C@@H](C)O. The van der Waals surface area contributed by atoms with E-state index in [2.05, 4.69) is 16.0 Å². The highest BCUT2D eigenvalue weighted by atomic mass is 16.5. The number of hydrogen-bond donors (Lipinski definition) is 8. The molecule has 0 rings (SSSR count). The van der Waals surface area contributed by atoms with Gasteiger partial charge >= 0.3 is 0 Å². The maximum Gasteiger partial charge on any atom is 0.245 e. The Balaban J connectivity index is 6.18. The standard InChI is InChI=1S/C28H53N5O8/c1-11-16(5)21(31-26(38)23(17(6)12-2)33(10)19(8)35)24(36)32-22(18(7)34)25(37)30-20(13-15(3)4)28(40,41)27(9,39)14-29/h14-18,20-23,29,34,39-41H,11-13H2,1-10H3,(H,30,37)(H,31,38)(H,32,36)/t16-,17-,18+,20-,21-,22-,23-,27+/m0/s1. The summed E-state index contributed by atoms with van der Waals surface area (Å²) in [6, 6.07) is -5.00. The van der Waals surface area contributed by atoms with Gasteiger partial charge in [0.05, 0.1) is 12.1 Å². The Bertz CT molecular complexity index is 908. The molecule has 0 radical (unpaired) electrons. The van der Waals surface area contributed by atoms with E-state index in [1.54, 1.807) is 20.8 Å². The molecule has 0 aliphatic carbocycles. The number of likely N-dealkylation sites (N-methyl/N-ethyl adjacent to an activating group) is 1. The zero-order valence-corrected chi connectivity index (χ0v) is 26.2. The monoisotopic (exact) mass is 587 g/mol. The average molecular weight is 588 g/mol. The molecule has 0 aliphatic heterocycles. The van der Waals surface area contributed by atoms with E-state index < -0.39 is 65.3 Å². The van der Waals surface area contributed by atoms with Crippen LogP contribution in [0.15, 0.2) is 0 Å². The first-order chi connectivity index (χ1) is 18.7. The summed E-state index contributed by atoms with van der Waals surface area (Å²) in [5.74, 6) is -6.32. The van der Waals surface area contributed by atoms with Crippen LogP contribution in [0, 0.1) is 23.2 Å². The molecule has 13 heteroatoms. The summed E-state index contributed by atoms with van der Waals surface area (Å²) in [5, 5.41) is 57.2. The van der Waals surface area contributed by atoms with Crippen LogP contribution in [0.4, 0.5) is 0 Å². The fourth-order valence-electron chi connectivity index (χ4n) is 4.34. The fraction of sp³-hybridized carbons (Fsp3) is 0.821. The zero-order chi connectivity index (χ0) is 32.5. The molecule has 0 aromatic carbocycles. The summed E-state index contributed by atoms with van der Waals surface area (Å²) < 4.78 is 0. The molecule has 0 aliphatic rings. The van der Waals surface area contributed by atoms with Gasteiger partial charge in [-0.25, -0.2) is 0 Å². The number of nitrogens with zero attached hydrogens (tertiary/aromatic N) is 1. The molecule has 0 aromatic rings. The van der Waals surface area contributed by atoms with Crippen LogP contribution in [0.1, 0.15) is 81.6 Å². The third-order valence-electron chi connectivity index (χ3n) is 7.76. The van der Waals surface area contributed by atoms with E-state index in [1.165, 1.54) is 25.8 Å². The smallest absolute Gasteiger partial charge is 0.245 e. The van der Waals surface area contributed by atoms with Gasteiger partial charge in [0.15, 0.2) is 5.60 Å². The van der Waals surface area contributed by atoms with Crippen LogP contribution in [0.25, 0.3) is 0 Å². The molecule has 13 nitrogen and oxygen atoms in total. The van der Waals surface area contributed by atoms with Gasteiger partial charge in [-0.2, -0.15) is 0 Å². The number of rotatable bonds is 17. The third kappa shape index (κ3) is 10.3. The van der Waals surface area contributed by atoms with Crippen molar-refractivity contribution in [3.05, 3.63) is 0 Å². The first kappa shape index (κ1) is 38.4. The molecule has 8 atom stereocenters. The van der Waals surface area contributed by atoms with Gasteiger partial charge in [0, 0.05) is 20.2 Å². The summed E-state index contributed by atoms with van der Waals surface area (Å²) in [6.45, 7) is 14.4. The molecule has 0 fully saturated rings. The Morgan fingerprint density at radius 1 is 0.854 bits per heavy atom. The van der Waals surface area contributed by atoms with Gasteiger partial charge in [-0.3, -0.25) is 19.2 Å². The van der Waals surface area contributed by atoms with Crippen molar-refractivity contribution in [3.63, 3.8) is 0 Å². The topological polar surface area (TPSA) is 212 Å². The Hall–Kier alpha value is -2.61. The second-order valence-electron chi connectivity index (χ2n) is 11.8. The molecule has 8 N–H and O–H groups in total. The predicted molar refractivity (Wildman–Crippen MR) is 155 cm³/mol. The lowest BCUT2D eigenvalue weighted by atomic mass is 9.85. The highest BCUT2D eigenvalue weighted by Gasteiger charge is 2.50. The molecule has 0 saturated heterocycles. The van der Waals surface area contributed by atoms with Crippen LogP contribution in [0.5, 0.6) is 0 Å². The molecule has 0 aromatic heterocycles. The minimum Gasteiger partial charge on any atom is -0.391 e. The zero-order valence-electron chi connectivity index (χ0n) is 26.2. The molecule has 0 bridgehead atoms. The van der Waals surface area contributed by atoms with Gasteiger partial charge in [-0.15, -0.1) is 0 Å². The molecular formula is C28H53N5O8. The summed E-state index contributed by atoms with van der Waals surface area (Å²) >= 11 is 0. The second-order valence-corrected chi connectivity index (χ2v) is 11.8. The minimum absolute atomic E-state index is 0.0184. The van der Waals surface area contributed by atoms with Crippen molar-refractivity contribution in [1.82, 2.24) is 20.9 Å². The van der Waals surface area contributed by atoms with Crippen molar-refractivity contribution in [3.8, 4) is 0 Å². The van der Waals surface area contributed by atoms with E-state index >= 15 is 0 Å². The molecule has 4 amide bonds. The summed E-state index contributed by atoms with van der Waals surface area (Å²) in [7, 11) is 1.51. The Morgan fingerprint density at radius 2 is 1.32 bits per heavy atom. The lowest BCUT2D eigenvalue weighted by molar-refractivity contribution is -0.259. The van der Waals surface area contributed by atoms with Gasteiger partial charge in [-0.1, -0.05) is 54.4 Å². The number of hydrogen-bond acceptors (Lipinski definition) is 9. The van der Waals surface area contributed by atoms with Crippen LogP contribution in [0.2, 0.25) is 0 Å². The van der Waals surface area contributed by atoms with E-state index in [-0.39, 0.29) is 24.2 Å². The van der Waals surface area contributed by atoms with Gasteiger partial charge in [-0.05, 0) is 38.0 Å². The first-order valence-electron chi connectivity index (χ1n) is 14.2. The van der Waals surface area contributed by atoms with Crippen molar-refractivity contribution in [1.29, 1.82) is 5.41 Å². The third-order valence-corrected chi connectivity index (χ3v) is 7.76. The van der Waals surface area contributed by atoms with Crippen LogP contribution in [-0.2, 0) is 19.2 Å². The van der Waals surface area contributed by atoms with Crippen LogP contribution < -0.4 is 16.0 Å². The number of carbonyl (C=O) groups excluding carboxylic acids is 4. The molecule has 0 heterocycles. The van der Waals surface area contributed by atoms with Crippen molar-refractivity contribution in [2.24, 2.45) is 17.8 Å². The maximum absolute atomic E-state index is 13.5. The van der Waals surface area contributed by atoms with E-state index in [9.17, 15) is 39.6 Å². The highest BCUT2D eigenvalue weighted by Crippen LogP contribution is 2.26. The average Bonchev–Trinajstić information content (AvgIpc) is 2.88. The van der Waals surface area contributed by atoms with Gasteiger partial charge < -0.3 is 46.7 Å². The number of amides is 4. The van der Waals surface area contributed by atoms with E-state index in [1.807, 2.05) is 20.8 Å². The fourth-order valence-corrected chi connectivity index (χ4v) is 4.34. The lowest BCUT2D eigenvalue weighted by Crippen LogP contribution is -2.68. The summed E-state index contributed by atoms with van der Waals surface area (Å²) in [6.07, 6.45) is 0.0666. The first-order valence-corrected chi connectivity index (χ1v) is 14.2. The normalized spacial score (nSPS) is 18.5. The largest absolute Gasteiger partial charge is 0.391 e. The molecule has 0 unspecified atom stereocenters.